The van der Waals surface area contributed by atoms with Crippen LogP contribution >= 0.6 is 0 Å². The fourth-order valence-corrected chi connectivity index (χ4v) is 3.61. The minimum Gasteiger partial charge on any atom is -0.489 e. The van der Waals surface area contributed by atoms with Gasteiger partial charge in [-0.25, -0.2) is 5.10 Å². The molecular weight excluding hydrogens is 328 g/mol. The molecule has 2 aromatic heterocycles. The molecule has 26 heavy (non-hydrogen) atoms. The molecule has 2 N–H and O–H groups in total. The fourth-order valence-electron chi connectivity index (χ4n) is 3.61. The Morgan fingerprint density at radius 2 is 2.12 bits per heavy atom. The molecule has 136 valence electrons. The van der Waals surface area contributed by atoms with Crippen LogP contribution in [0.15, 0.2) is 41.6 Å². The number of ether oxygens (including phenoxy) is 1. The molecular formula is C20H24N4O2. The van der Waals surface area contributed by atoms with Crippen molar-refractivity contribution >= 4 is 10.8 Å². The third-order valence-corrected chi connectivity index (χ3v) is 4.90. The number of nitrogens with zero attached hydrogens (tertiary/aromatic N) is 2. The Morgan fingerprint density at radius 1 is 1.27 bits per heavy atom. The normalized spacial score (nSPS) is 17.7. The van der Waals surface area contributed by atoms with Crippen LogP contribution in [0.25, 0.3) is 16.5 Å². The second kappa shape index (κ2) is 6.96. The molecule has 0 aliphatic carbocycles. The van der Waals surface area contributed by atoms with Gasteiger partial charge in [0.15, 0.2) is 0 Å². The van der Waals surface area contributed by atoms with Gasteiger partial charge in [0.05, 0.1) is 11.9 Å². The number of rotatable bonds is 4. The molecule has 4 rings (SSSR count). The van der Waals surface area contributed by atoms with E-state index in [4.69, 9.17) is 4.74 Å². The van der Waals surface area contributed by atoms with E-state index < -0.39 is 0 Å². The maximum absolute atomic E-state index is 12.2. The molecule has 1 saturated heterocycles. The minimum absolute atomic E-state index is 0.111. The van der Waals surface area contributed by atoms with Crippen LogP contribution in [-0.2, 0) is 0 Å². The summed E-state index contributed by atoms with van der Waals surface area (Å²) in [6, 6.07) is 6.14. The zero-order valence-electron chi connectivity index (χ0n) is 15.2. The van der Waals surface area contributed by atoms with Gasteiger partial charge < -0.3 is 14.6 Å². The fraction of sp³-hybridized carbons (Fsp3) is 0.400. The van der Waals surface area contributed by atoms with E-state index in [9.17, 15) is 4.79 Å². The standard InChI is InChI=1S/C20H24N4O2/c1-13(2)19-18(10-22-23-20(19)25)24-11-14-5-6-16(8-15(14)12-24)26-17-4-3-7-21-9-17/h5-6,8,10-13,17,21H,3-4,7,9H2,1-2H3,(H,23,25)/t17-/m1/s1. The van der Waals surface area contributed by atoms with Crippen LogP contribution in [0.3, 0.4) is 0 Å². The van der Waals surface area contributed by atoms with Crippen LogP contribution in [0.5, 0.6) is 5.75 Å². The quantitative estimate of drug-likeness (QED) is 0.757. The summed E-state index contributed by atoms with van der Waals surface area (Å²) < 4.78 is 8.10. The molecule has 1 atom stereocenters. The Morgan fingerprint density at radius 3 is 2.88 bits per heavy atom. The highest BCUT2D eigenvalue weighted by Crippen LogP contribution is 2.27. The number of piperidine rings is 1. The molecule has 1 aromatic carbocycles. The Kier molecular flexibility index (Phi) is 4.51. The van der Waals surface area contributed by atoms with Gasteiger partial charge in [-0.05, 0) is 43.5 Å². The summed E-state index contributed by atoms with van der Waals surface area (Å²) in [6.45, 7) is 6.00. The first kappa shape index (κ1) is 16.8. The van der Waals surface area contributed by atoms with E-state index in [1.54, 1.807) is 6.20 Å². The number of benzene rings is 1. The molecule has 1 aliphatic rings. The second-order valence-electron chi connectivity index (χ2n) is 7.20. The Balaban J connectivity index is 1.68. The SMILES string of the molecule is CC(C)c1c(-n2cc3ccc(O[C@@H]4CCCNC4)cc3c2)cn[nH]c1=O. The van der Waals surface area contributed by atoms with Crippen molar-refractivity contribution in [1.29, 1.82) is 0 Å². The topological polar surface area (TPSA) is 71.9 Å². The Hall–Kier alpha value is -2.60. The molecule has 0 bridgehead atoms. The first-order valence-electron chi connectivity index (χ1n) is 9.19. The zero-order valence-corrected chi connectivity index (χ0v) is 15.2. The van der Waals surface area contributed by atoms with Gasteiger partial charge in [-0.3, -0.25) is 4.79 Å². The summed E-state index contributed by atoms with van der Waals surface area (Å²) in [4.78, 5) is 12.2. The number of nitrogens with one attached hydrogen (secondary N) is 2. The summed E-state index contributed by atoms with van der Waals surface area (Å²) >= 11 is 0. The monoisotopic (exact) mass is 352 g/mol. The molecule has 1 aliphatic heterocycles. The van der Waals surface area contributed by atoms with E-state index in [-0.39, 0.29) is 17.6 Å². The van der Waals surface area contributed by atoms with Crippen LogP contribution in [-0.4, -0.2) is 34.0 Å². The summed E-state index contributed by atoms with van der Waals surface area (Å²) in [7, 11) is 0. The molecule has 0 unspecified atom stereocenters. The summed E-state index contributed by atoms with van der Waals surface area (Å²) in [5, 5.41) is 12.1. The van der Waals surface area contributed by atoms with Crippen molar-refractivity contribution in [2.75, 3.05) is 13.1 Å². The lowest BCUT2D eigenvalue weighted by Crippen LogP contribution is -2.37. The van der Waals surface area contributed by atoms with Gasteiger partial charge in [-0.15, -0.1) is 0 Å². The average Bonchev–Trinajstić information content (AvgIpc) is 3.05. The highest BCUT2D eigenvalue weighted by Gasteiger charge is 2.16. The Bertz CT molecular complexity index is 967. The van der Waals surface area contributed by atoms with Gasteiger partial charge in [-0.2, -0.15) is 5.10 Å². The van der Waals surface area contributed by atoms with E-state index in [1.807, 2.05) is 36.9 Å². The van der Waals surface area contributed by atoms with Gasteiger partial charge in [0, 0.05) is 35.3 Å². The highest BCUT2D eigenvalue weighted by atomic mass is 16.5. The van der Waals surface area contributed by atoms with E-state index in [1.165, 1.54) is 0 Å². The smallest absolute Gasteiger partial charge is 0.269 e. The molecule has 1 fully saturated rings. The van der Waals surface area contributed by atoms with Crippen molar-refractivity contribution in [1.82, 2.24) is 20.1 Å². The minimum atomic E-state index is -0.135. The van der Waals surface area contributed by atoms with Crippen LogP contribution in [0.1, 0.15) is 38.2 Å². The third-order valence-electron chi connectivity index (χ3n) is 4.90. The average molecular weight is 352 g/mol. The second-order valence-corrected chi connectivity index (χ2v) is 7.20. The number of fused-ring (bicyclic) bond motifs is 1. The van der Waals surface area contributed by atoms with Gasteiger partial charge in [0.25, 0.3) is 5.56 Å². The van der Waals surface area contributed by atoms with Crippen molar-refractivity contribution in [3.63, 3.8) is 0 Å². The summed E-state index contributed by atoms with van der Waals surface area (Å²) in [6.07, 6.45) is 8.24. The summed E-state index contributed by atoms with van der Waals surface area (Å²) in [5.74, 6) is 0.997. The lowest BCUT2D eigenvalue weighted by molar-refractivity contribution is 0.167. The van der Waals surface area contributed by atoms with Crippen LogP contribution < -0.4 is 15.6 Å². The first-order chi connectivity index (χ1) is 12.6. The molecule has 0 radical (unpaired) electrons. The van der Waals surface area contributed by atoms with Gasteiger partial charge >= 0.3 is 0 Å². The van der Waals surface area contributed by atoms with Crippen molar-refractivity contribution in [2.45, 2.75) is 38.7 Å². The van der Waals surface area contributed by atoms with E-state index in [2.05, 4.69) is 27.6 Å². The van der Waals surface area contributed by atoms with Gasteiger partial charge in [0.1, 0.15) is 11.9 Å². The van der Waals surface area contributed by atoms with Crippen LogP contribution in [0.2, 0.25) is 0 Å². The van der Waals surface area contributed by atoms with Crippen molar-refractivity contribution < 1.29 is 4.74 Å². The van der Waals surface area contributed by atoms with Crippen molar-refractivity contribution in [3.8, 4) is 11.4 Å². The molecule has 0 spiro atoms. The first-order valence-corrected chi connectivity index (χ1v) is 9.19. The molecule has 0 amide bonds. The van der Waals surface area contributed by atoms with Crippen molar-refractivity contribution in [3.05, 3.63) is 52.7 Å². The Labute approximate surface area is 152 Å². The molecule has 3 heterocycles. The number of aromatic amines is 1. The molecule has 6 nitrogen and oxygen atoms in total. The number of hydrogen-bond donors (Lipinski definition) is 2. The van der Waals surface area contributed by atoms with E-state index in [0.717, 1.165) is 53.7 Å². The van der Waals surface area contributed by atoms with Crippen LogP contribution in [0.4, 0.5) is 0 Å². The number of aromatic nitrogens is 3. The highest BCUT2D eigenvalue weighted by molar-refractivity contribution is 5.84. The number of H-pyrrole nitrogens is 1. The maximum atomic E-state index is 12.2. The van der Waals surface area contributed by atoms with E-state index >= 15 is 0 Å². The van der Waals surface area contributed by atoms with Gasteiger partial charge in [-0.1, -0.05) is 13.8 Å². The number of hydrogen-bond acceptors (Lipinski definition) is 4. The van der Waals surface area contributed by atoms with Crippen LogP contribution in [0, 0.1) is 0 Å². The largest absolute Gasteiger partial charge is 0.489 e. The predicted molar refractivity (Wildman–Crippen MR) is 102 cm³/mol. The molecule has 0 saturated carbocycles. The molecule has 6 heteroatoms. The lowest BCUT2D eigenvalue weighted by Gasteiger charge is -2.23. The zero-order chi connectivity index (χ0) is 18.1. The summed E-state index contributed by atoms with van der Waals surface area (Å²) in [5.41, 5.74) is 1.42. The van der Waals surface area contributed by atoms with Gasteiger partial charge in [0.2, 0.25) is 0 Å². The van der Waals surface area contributed by atoms with E-state index in [0.29, 0.717) is 0 Å². The third kappa shape index (κ3) is 3.24. The maximum Gasteiger partial charge on any atom is 0.269 e. The lowest BCUT2D eigenvalue weighted by atomic mass is 10.0. The molecule has 3 aromatic rings. The van der Waals surface area contributed by atoms with Crippen molar-refractivity contribution in [2.24, 2.45) is 0 Å². The predicted octanol–water partition coefficient (Wildman–Crippen LogP) is 2.97.